The van der Waals surface area contributed by atoms with E-state index in [-0.39, 0.29) is 16.5 Å². The van der Waals surface area contributed by atoms with Gasteiger partial charge in [-0.3, -0.25) is 0 Å². The topological polar surface area (TPSA) is 110 Å². The molecule has 0 fully saturated rings. The van der Waals surface area contributed by atoms with E-state index in [2.05, 4.69) is 15.3 Å². The maximum Gasteiger partial charge on any atom is 0.248 e. The molecule has 1 aromatic heterocycles. The third kappa shape index (κ3) is 5.12. The minimum Gasteiger partial charge on any atom is -0.437 e. The van der Waals surface area contributed by atoms with Gasteiger partial charge in [0.15, 0.2) is 5.82 Å². The molecule has 164 valence electrons. The number of hydrogen-bond acceptors (Lipinski definition) is 7. The van der Waals surface area contributed by atoms with Gasteiger partial charge in [0.25, 0.3) is 0 Å². The molecule has 1 heterocycles. The van der Waals surface area contributed by atoms with Gasteiger partial charge in [0, 0.05) is 18.8 Å². The quantitative estimate of drug-likeness (QED) is 0.538. The summed E-state index contributed by atoms with van der Waals surface area (Å²) in [5.41, 5.74) is 9.25. The van der Waals surface area contributed by atoms with Crippen molar-refractivity contribution < 1.29 is 13.2 Å². The van der Waals surface area contributed by atoms with Crippen LogP contribution in [0, 0.1) is 13.8 Å². The Hall–Kier alpha value is -3.17. The third-order valence-electron chi connectivity index (χ3n) is 4.72. The predicted molar refractivity (Wildman–Crippen MR) is 122 cm³/mol. The first-order chi connectivity index (χ1) is 14.7. The number of sulfonamides is 1. The fourth-order valence-electron chi connectivity index (χ4n) is 3.22. The molecule has 2 aromatic carbocycles. The minimum atomic E-state index is -3.51. The molecule has 3 aromatic rings. The van der Waals surface area contributed by atoms with E-state index in [1.54, 1.807) is 24.3 Å². The second kappa shape index (κ2) is 9.32. The third-order valence-corrected chi connectivity index (χ3v) is 6.78. The Morgan fingerprint density at radius 2 is 1.61 bits per heavy atom. The lowest BCUT2D eigenvalue weighted by Crippen LogP contribution is -2.30. The van der Waals surface area contributed by atoms with Crippen LogP contribution in [0.2, 0.25) is 0 Å². The Balaban J connectivity index is 1.81. The van der Waals surface area contributed by atoms with Crippen molar-refractivity contribution >= 4 is 27.2 Å². The van der Waals surface area contributed by atoms with Crippen LogP contribution in [0.3, 0.4) is 0 Å². The zero-order chi connectivity index (χ0) is 22.6. The highest BCUT2D eigenvalue weighted by Gasteiger charge is 2.21. The van der Waals surface area contributed by atoms with Crippen LogP contribution in [-0.2, 0) is 10.0 Å². The van der Waals surface area contributed by atoms with Crippen molar-refractivity contribution in [2.24, 2.45) is 0 Å². The van der Waals surface area contributed by atoms with Gasteiger partial charge in [0.1, 0.15) is 17.8 Å². The normalized spacial score (nSPS) is 11.5. The molecular weight excluding hydrogens is 414 g/mol. The molecule has 0 saturated heterocycles. The smallest absolute Gasteiger partial charge is 0.248 e. The van der Waals surface area contributed by atoms with Crippen molar-refractivity contribution in [3.8, 4) is 11.6 Å². The Morgan fingerprint density at radius 3 is 2.19 bits per heavy atom. The number of benzene rings is 2. The fourth-order valence-corrected chi connectivity index (χ4v) is 4.68. The predicted octanol–water partition coefficient (Wildman–Crippen LogP) is 4.24. The van der Waals surface area contributed by atoms with Gasteiger partial charge in [-0.1, -0.05) is 19.9 Å². The van der Waals surface area contributed by atoms with E-state index in [1.165, 1.54) is 10.6 Å². The highest BCUT2D eigenvalue weighted by atomic mass is 32.2. The van der Waals surface area contributed by atoms with Gasteiger partial charge < -0.3 is 15.8 Å². The van der Waals surface area contributed by atoms with E-state index in [0.29, 0.717) is 30.3 Å². The Labute approximate surface area is 183 Å². The molecule has 8 nitrogen and oxygen atoms in total. The first-order valence-corrected chi connectivity index (χ1v) is 11.4. The van der Waals surface area contributed by atoms with E-state index in [4.69, 9.17) is 10.5 Å². The number of nitrogen functional groups attached to an aromatic ring is 1. The van der Waals surface area contributed by atoms with E-state index >= 15 is 0 Å². The standard InChI is InChI=1S/C22H27N5O3S/c1-5-27(6-2)31(28,29)19-9-7-17(8-10-19)26-21-20(23)22(25-14-24-21)30-18-12-15(3)11-16(4)13-18/h7-14H,5-6,23H2,1-4H3,(H,24,25,26). The molecule has 3 rings (SSSR count). The summed E-state index contributed by atoms with van der Waals surface area (Å²) >= 11 is 0. The Kier molecular flexibility index (Phi) is 6.77. The van der Waals surface area contributed by atoms with Crippen LogP contribution >= 0.6 is 0 Å². The highest BCUT2D eigenvalue weighted by Crippen LogP contribution is 2.32. The summed E-state index contributed by atoms with van der Waals surface area (Å²) in [6.45, 7) is 8.43. The van der Waals surface area contributed by atoms with Gasteiger partial charge in [-0.15, -0.1) is 0 Å². The molecule has 0 aliphatic carbocycles. The molecular formula is C22H27N5O3S. The number of hydrogen-bond donors (Lipinski definition) is 2. The van der Waals surface area contributed by atoms with Crippen molar-refractivity contribution in [2.45, 2.75) is 32.6 Å². The SMILES string of the molecule is CCN(CC)S(=O)(=O)c1ccc(Nc2ncnc(Oc3cc(C)cc(C)c3)c2N)cc1. The number of ether oxygens (including phenoxy) is 1. The van der Waals surface area contributed by atoms with Crippen LogP contribution in [0.1, 0.15) is 25.0 Å². The lowest BCUT2D eigenvalue weighted by molar-refractivity contribution is 0.445. The summed E-state index contributed by atoms with van der Waals surface area (Å²) in [6.07, 6.45) is 1.36. The summed E-state index contributed by atoms with van der Waals surface area (Å²) in [5.74, 6) is 1.25. The Bertz CT molecular complexity index is 1140. The lowest BCUT2D eigenvalue weighted by atomic mass is 10.1. The molecule has 0 spiro atoms. The molecule has 0 radical (unpaired) electrons. The van der Waals surface area contributed by atoms with Crippen molar-refractivity contribution in [1.29, 1.82) is 0 Å². The van der Waals surface area contributed by atoms with Gasteiger partial charge in [-0.25, -0.2) is 13.4 Å². The largest absolute Gasteiger partial charge is 0.437 e. The minimum absolute atomic E-state index is 0.233. The molecule has 0 aliphatic heterocycles. The summed E-state index contributed by atoms with van der Waals surface area (Å²) in [6, 6.07) is 12.3. The number of nitrogens with one attached hydrogen (secondary N) is 1. The van der Waals surface area contributed by atoms with Gasteiger partial charge in [0.2, 0.25) is 15.9 Å². The van der Waals surface area contributed by atoms with E-state index < -0.39 is 10.0 Å². The van der Waals surface area contributed by atoms with Gasteiger partial charge in [-0.2, -0.15) is 9.29 Å². The number of nitrogens with zero attached hydrogens (tertiary/aromatic N) is 3. The molecule has 3 N–H and O–H groups in total. The number of anilines is 3. The molecule has 31 heavy (non-hydrogen) atoms. The van der Waals surface area contributed by atoms with Crippen LogP contribution < -0.4 is 15.8 Å². The van der Waals surface area contributed by atoms with Crippen LogP contribution in [0.15, 0.2) is 53.7 Å². The van der Waals surface area contributed by atoms with E-state index in [1.807, 2.05) is 45.9 Å². The number of aryl methyl sites for hydroxylation is 2. The summed E-state index contributed by atoms with van der Waals surface area (Å²) in [4.78, 5) is 8.55. The fraction of sp³-hybridized carbons (Fsp3) is 0.273. The zero-order valence-corrected chi connectivity index (χ0v) is 18.9. The molecule has 9 heteroatoms. The first-order valence-electron chi connectivity index (χ1n) is 9.98. The van der Waals surface area contributed by atoms with E-state index in [9.17, 15) is 8.42 Å². The molecule has 0 amide bonds. The van der Waals surface area contributed by atoms with Crippen molar-refractivity contribution in [1.82, 2.24) is 14.3 Å². The van der Waals surface area contributed by atoms with Crippen LogP contribution in [0.25, 0.3) is 0 Å². The van der Waals surface area contributed by atoms with Crippen LogP contribution in [-0.4, -0.2) is 35.8 Å². The van der Waals surface area contributed by atoms with Crippen molar-refractivity contribution in [2.75, 3.05) is 24.1 Å². The van der Waals surface area contributed by atoms with E-state index in [0.717, 1.165) is 11.1 Å². The second-order valence-electron chi connectivity index (χ2n) is 7.11. The van der Waals surface area contributed by atoms with Gasteiger partial charge >= 0.3 is 0 Å². The molecule has 0 atom stereocenters. The Morgan fingerprint density at radius 1 is 1.00 bits per heavy atom. The first kappa shape index (κ1) is 22.5. The molecule has 0 bridgehead atoms. The molecule has 0 aliphatic rings. The average Bonchev–Trinajstić information content (AvgIpc) is 2.71. The number of nitrogens with two attached hydrogens (primary N) is 1. The second-order valence-corrected chi connectivity index (χ2v) is 9.04. The molecule has 0 unspecified atom stereocenters. The number of aromatic nitrogens is 2. The maximum atomic E-state index is 12.6. The van der Waals surface area contributed by atoms with Gasteiger partial charge in [-0.05, 0) is 61.4 Å². The molecule has 0 saturated carbocycles. The average molecular weight is 442 g/mol. The summed E-state index contributed by atoms with van der Waals surface area (Å²) < 4.78 is 32.5. The monoisotopic (exact) mass is 441 g/mol. The summed E-state index contributed by atoms with van der Waals surface area (Å²) in [7, 11) is -3.51. The summed E-state index contributed by atoms with van der Waals surface area (Å²) in [5, 5.41) is 3.09. The van der Waals surface area contributed by atoms with Crippen molar-refractivity contribution in [3.05, 3.63) is 59.9 Å². The maximum absolute atomic E-state index is 12.6. The van der Waals surface area contributed by atoms with Gasteiger partial charge in [0.05, 0.1) is 4.90 Å². The van der Waals surface area contributed by atoms with Crippen LogP contribution in [0.4, 0.5) is 17.2 Å². The van der Waals surface area contributed by atoms with Crippen LogP contribution in [0.5, 0.6) is 11.6 Å². The zero-order valence-electron chi connectivity index (χ0n) is 18.1. The van der Waals surface area contributed by atoms with Crippen molar-refractivity contribution in [3.63, 3.8) is 0 Å². The number of rotatable bonds is 8. The highest BCUT2D eigenvalue weighted by molar-refractivity contribution is 7.89. The lowest BCUT2D eigenvalue weighted by Gasteiger charge is -2.18.